The molecule has 3 nitrogen and oxygen atoms in total. The number of unbranched alkanes of at least 4 members (excludes halogenated alkanes) is 1. The van der Waals surface area contributed by atoms with Crippen LogP contribution >= 0.6 is 0 Å². The Morgan fingerprint density at radius 1 is 1.38 bits per heavy atom. The van der Waals surface area contributed by atoms with E-state index in [1.54, 1.807) is 0 Å². The van der Waals surface area contributed by atoms with Crippen molar-refractivity contribution in [3.63, 3.8) is 0 Å². The van der Waals surface area contributed by atoms with Gasteiger partial charge in [0.2, 0.25) is 0 Å². The average molecular weight is 228 g/mol. The van der Waals surface area contributed by atoms with Crippen LogP contribution in [0.5, 0.6) is 0 Å². The normalized spacial score (nSPS) is 22.1. The molecule has 1 atom stereocenters. The molecular weight excluding hydrogens is 200 g/mol. The van der Waals surface area contributed by atoms with Crippen LogP contribution in [0.15, 0.2) is 0 Å². The summed E-state index contributed by atoms with van der Waals surface area (Å²) in [6.07, 6.45) is 4.30. The molecule has 1 heterocycles. The number of rotatable bonds is 8. The lowest BCUT2D eigenvalue weighted by atomic mass is 10.2. The molecule has 3 heteroatoms. The fourth-order valence-corrected chi connectivity index (χ4v) is 2.17. The van der Waals surface area contributed by atoms with E-state index in [0.717, 1.165) is 19.0 Å². The number of hydrogen-bond donors (Lipinski definition) is 1. The summed E-state index contributed by atoms with van der Waals surface area (Å²) in [6.45, 7) is 10.4. The minimum Gasteiger partial charge on any atom is -0.380 e. The molecule has 0 aromatic heterocycles. The third kappa shape index (κ3) is 5.83. The van der Waals surface area contributed by atoms with E-state index >= 15 is 0 Å². The Bertz CT molecular complexity index is 173. The maximum absolute atomic E-state index is 5.36. The summed E-state index contributed by atoms with van der Waals surface area (Å²) in [5.74, 6) is 0.765. The molecule has 1 N–H and O–H groups in total. The molecule has 0 amide bonds. The topological polar surface area (TPSA) is 24.5 Å². The number of nitrogens with zero attached hydrogens (tertiary/aromatic N) is 1. The highest BCUT2D eigenvalue weighted by molar-refractivity contribution is 4.75. The summed E-state index contributed by atoms with van der Waals surface area (Å²) in [5.41, 5.74) is 0. The first-order valence-corrected chi connectivity index (χ1v) is 6.68. The smallest absolute Gasteiger partial charge is 0.0710 e. The lowest BCUT2D eigenvalue weighted by molar-refractivity contribution is 0.108. The lowest BCUT2D eigenvalue weighted by Gasteiger charge is -2.15. The SMILES string of the molecule is COC1CCN(CCCCNCC(C)C)C1. The third-order valence-electron chi connectivity index (χ3n) is 3.19. The van der Waals surface area contributed by atoms with Gasteiger partial charge in [-0.2, -0.15) is 0 Å². The highest BCUT2D eigenvalue weighted by Crippen LogP contribution is 2.12. The summed E-state index contributed by atoms with van der Waals surface area (Å²) < 4.78 is 5.36. The van der Waals surface area contributed by atoms with E-state index in [0.29, 0.717) is 6.10 Å². The van der Waals surface area contributed by atoms with Gasteiger partial charge in [0, 0.05) is 20.2 Å². The van der Waals surface area contributed by atoms with Gasteiger partial charge in [-0.3, -0.25) is 0 Å². The molecule has 1 unspecified atom stereocenters. The van der Waals surface area contributed by atoms with Crippen molar-refractivity contribution >= 4 is 0 Å². The molecule has 1 saturated heterocycles. The maximum Gasteiger partial charge on any atom is 0.0710 e. The van der Waals surface area contributed by atoms with Gasteiger partial charge in [0.05, 0.1) is 6.10 Å². The highest BCUT2D eigenvalue weighted by Gasteiger charge is 2.20. The number of ether oxygens (including phenoxy) is 1. The monoisotopic (exact) mass is 228 g/mol. The first-order chi connectivity index (χ1) is 7.72. The molecule has 0 aromatic rings. The second-order valence-electron chi connectivity index (χ2n) is 5.25. The van der Waals surface area contributed by atoms with E-state index in [2.05, 4.69) is 24.1 Å². The van der Waals surface area contributed by atoms with E-state index < -0.39 is 0 Å². The number of methoxy groups -OCH3 is 1. The Morgan fingerprint density at radius 3 is 2.81 bits per heavy atom. The van der Waals surface area contributed by atoms with Gasteiger partial charge in [-0.1, -0.05) is 13.8 Å². The quantitative estimate of drug-likeness (QED) is 0.640. The highest BCUT2D eigenvalue weighted by atomic mass is 16.5. The molecule has 1 aliphatic heterocycles. The van der Waals surface area contributed by atoms with Crippen molar-refractivity contribution in [2.45, 2.75) is 39.2 Å². The summed E-state index contributed by atoms with van der Waals surface area (Å²) in [6, 6.07) is 0. The lowest BCUT2D eigenvalue weighted by Crippen LogP contribution is -2.25. The molecular formula is C13H28N2O. The first kappa shape index (κ1) is 13.9. The molecule has 0 spiro atoms. The first-order valence-electron chi connectivity index (χ1n) is 6.68. The average Bonchev–Trinajstić information content (AvgIpc) is 2.70. The third-order valence-corrected chi connectivity index (χ3v) is 3.19. The van der Waals surface area contributed by atoms with Crippen molar-refractivity contribution in [3.05, 3.63) is 0 Å². The number of hydrogen-bond acceptors (Lipinski definition) is 3. The Morgan fingerprint density at radius 2 is 2.19 bits per heavy atom. The standard InChI is InChI=1S/C13H28N2O/c1-12(2)10-14-7-4-5-8-15-9-6-13(11-15)16-3/h12-14H,4-11H2,1-3H3. The van der Waals surface area contributed by atoms with Crippen molar-refractivity contribution in [3.8, 4) is 0 Å². The Hall–Kier alpha value is -0.120. The molecule has 0 aliphatic carbocycles. The summed E-state index contributed by atoms with van der Waals surface area (Å²) in [5, 5.41) is 3.49. The van der Waals surface area contributed by atoms with Crippen LogP contribution in [0, 0.1) is 5.92 Å². The van der Waals surface area contributed by atoms with Gasteiger partial charge >= 0.3 is 0 Å². The minimum absolute atomic E-state index is 0.485. The van der Waals surface area contributed by atoms with Crippen molar-refractivity contribution in [1.29, 1.82) is 0 Å². The zero-order valence-corrected chi connectivity index (χ0v) is 11.2. The van der Waals surface area contributed by atoms with Crippen molar-refractivity contribution in [2.75, 3.05) is 39.8 Å². The molecule has 16 heavy (non-hydrogen) atoms. The van der Waals surface area contributed by atoms with E-state index in [9.17, 15) is 0 Å². The summed E-state index contributed by atoms with van der Waals surface area (Å²) in [4.78, 5) is 2.52. The van der Waals surface area contributed by atoms with Crippen LogP contribution in [-0.4, -0.2) is 50.8 Å². The Kier molecular flexibility index (Phi) is 7.01. The zero-order chi connectivity index (χ0) is 11.8. The molecule has 0 aromatic carbocycles. The summed E-state index contributed by atoms with van der Waals surface area (Å²) >= 11 is 0. The molecule has 1 rings (SSSR count). The van der Waals surface area contributed by atoms with Crippen LogP contribution in [0.25, 0.3) is 0 Å². The van der Waals surface area contributed by atoms with Crippen molar-refractivity contribution in [2.24, 2.45) is 5.92 Å². The van der Waals surface area contributed by atoms with Gasteiger partial charge in [0.1, 0.15) is 0 Å². The largest absolute Gasteiger partial charge is 0.380 e. The minimum atomic E-state index is 0.485. The number of likely N-dealkylation sites (tertiary alicyclic amines) is 1. The van der Waals surface area contributed by atoms with Crippen LogP contribution < -0.4 is 5.32 Å². The summed E-state index contributed by atoms with van der Waals surface area (Å²) in [7, 11) is 1.82. The maximum atomic E-state index is 5.36. The van der Waals surface area contributed by atoms with E-state index in [1.165, 1.54) is 38.9 Å². The predicted octanol–water partition coefficient (Wildman–Crippen LogP) is 1.73. The van der Waals surface area contributed by atoms with Crippen LogP contribution in [0.2, 0.25) is 0 Å². The zero-order valence-electron chi connectivity index (χ0n) is 11.2. The van der Waals surface area contributed by atoms with Crippen LogP contribution in [0.3, 0.4) is 0 Å². The Balaban J connectivity index is 1.88. The molecule has 0 radical (unpaired) electrons. The van der Waals surface area contributed by atoms with Gasteiger partial charge in [0.25, 0.3) is 0 Å². The van der Waals surface area contributed by atoms with Gasteiger partial charge in [-0.15, -0.1) is 0 Å². The van der Waals surface area contributed by atoms with Gasteiger partial charge in [-0.05, 0) is 44.8 Å². The molecule has 1 aliphatic rings. The van der Waals surface area contributed by atoms with Gasteiger partial charge in [-0.25, -0.2) is 0 Å². The van der Waals surface area contributed by atoms with E-state index in [-0.39, 0.29) is 0 Å². The van der Waals surface area contributed by atoms with Crippen LogP contribution in [0.1, 0.15) is 33.1 Å². The van der Waals surface area contributed by atoms with E-state index in [4.69, 9.17) is 4.74 Å². The van der Waals surface area contributed by atoms with Crippen molar-refractivity contribution in [1.82, 2.24) is 10.2 Å². The molecule has 0 saturated carbocycles. The Labute approximate surface area is 101 Å². The van der Waals surface area contributed by atoms with Gasteiger partial charge < -0.3 is 15.0 Å². The van der Waals surface area contributed by atoms with Crippen LogP contribution in [-0.2, 0) is 4.74 Å². The van der Waals surface area contributed by atoms with Crippen molar-refractivity contribution < 1.29 is 4.74 Å². The fraction of sp³-hybridized carbons (Fsp3) is 1.00. The van der Waals surface area contributed by atoms with E-state index in [1.807, 2.05) is 7.11 Å². The molecule has 0 bridgehead atoms. The second kappa shape index (κ2) is 8.04. The molecule has 1 fully saturated rings. The predicted molar refractivity (Wildman–Crippen MR) is 68.8 cm³/mol. The van der Waals surface area contributed by atoms with Gasteiger partial charge in [0.15, 0.2) is 0 Å². The second-order valence-corrected chi connectivity index (χ2v) is 5.25. The number of nitrogens with one attached hydrogen (secondary N) is 1. The molecule has 96 valence electrons. The fourth-order valence-electron chi connectivity index (χ4n) is 2.17. The van der Waals surface area contributed by atoms with Crippen LogP contribution in [0.4, 0.5) is 0 Å².